The van der Waals surface area contributed by atoms with E-state index < -0.39 is 0 Å². The minimum atomic E-state index is 0.00142. The van der Waals surface area contributed by atoms with E-state index in [1.54, 1.807) is 19.3 Å². The number of hydrogen-bond acceptors (Lipinski definition) is 4. The molecule has 1 aromatic rings. The van der Waals surface area contributed by atoms with Crippen LogP contribution in [0.4, 0.5) is 0 Å². The molecule has 1 unspecified atom stereocenters. The normalized spacial score (nSPS) is 21.1. The van der Waals surface area contributed by atoms with E-state index in [1.165, 1.54) is 6.42 Å². The Hall–Kier alpha value is -2.34. The number of rotatable bonds is 5. The van der Waals surface area contributed by atoms with Crippen LogP contribution in [0.3, 0.4) is 0 Å². The molecule has 2 amide bonds. The maximum atomic E-state index is 12.6. The van der Waals surface area contributed by atoms with E-state index in [0.717, 1.165) is 43.8 Å². The topological polar surface area (TPSA) is 53.1 Å². The van der Waals surface area contributed by atoms with Crippen LogP contribution >= 0.6 is 0 Å². The summed E-state index contributed by atoms with van der Waals surface area (Å²) < 4.78 is 5.31. The minimum absolute atomic E-state index is 0.00142. The molecule has 2 fully saturated rings. The van der Waals surface area contributed by atoms with Crippen LogP contribution in [0.1, 0.15) is 31.7 Å². The Labute approximate surface area is 167 Å². The van der Waals surface area contributed by atoms with Gasteiger partial charge in [-0.15, -0.1) is 0 Å². The second kappa shape index (κ2) is 9.73. The summed E-state index contributed by atoms with van der Waals surface area (Å²) in [6.45, 7) is 6.26. The van der Waals surface area contributed by atoms with Crippen molar-refractivity contribution in [3.8, 4) is 5.75 Å². The molecule has 6 heteroatoms. The first-order valence-electron chi connectivity index (χ1n) is 10.2. The maximum Gasteiger partial charge on any atom is 0.246 e. The third kappa shape index (κ3) is 5.13. The molecule has 0 aromatic heterocycles. The van der Waals surface area contributed by atoms with Gasteiger partial charge in [0.2, 0.25) is 11.8 Å². The van der Waals surface area contributed by atoms with Crippen LogP contribution in [-0.2, 0) is 9.59 Å². The van der Waals surface area contributed by atoms with Gasteiger partial charge in [-0.25, -0.2) is 0 Å². The lowest BCUT2D eigenvalue weighted by Crippen LogP contribution is -2.52. The largest absolute Gasteiger partial charge is 0.496 e. The van der Waals surface area contributed by atoms with E-state index in [-0.39, 0.29) is 11.8 Å². The zero-order chi connectivity index (χ0) is 19.9. The van der Waals surface area contributed by atoms with Gasteiger partial charge in [0.15, 0.2) is 0 Å². The van der Waals surface area contributed by atoms with Gasteiger partial charge in [0.1, 0.15) is 5.75 Å². The Morgan fingerprint density at radius 1 is 1.11 bits per heavy atom. The van der Waals surface area contributed by atoms with E-state index in [4.69, 9.17) is 4.74 Å². The quantitative estimate of drug-likeness (QED) is 0.730. The molecule has 2 aliphatic rings. The molecular weight excluding hydrogens is 354 g/mol. The number of likely N-dealkylation sites (tertiary alicyclic amines) is 1. The Morgan fingerprint density at radius 3 is 2.57 bits per heavy atom. The Bertz CT molecular complexity index is 711. The van der Waals surface area contributed by atoms with Crippen LogP contribution in [0, 0.1) is 0 Å². The number of amides is 2. The molecule has 2 aliphatic heterocycles. The molecule has 3 rings (SSSR count). The summed E-state index contributed by atoms with van der Waals surface area (Å²) in [5.74, 6) is 0.978. The van der Waals surface area contributed by atoms with Gasteiger partial charge in [-0.1, -0.05) is 18.2 Å². The first-order chi connectivity index (χ1) is 13.6. The molecule has 0 saturated carbocycles. The highest BCUT2D eigenvalue weighted by Crippen LogP contribution is 2.19. The molecule has 0 bridgehead atoms. The Kier molecular flexibility index (Phi) is 7.09. The summed E-state index contributed by atoms with van der Waals surface area (Å²) in [6.07, 6.45) is 6.83. The van der Waals surface area contributed by atoms with Crippen LogP contribution < -0.4 is 4.74 Å². The highest BCUT2D eigenvalue weighted by atomic mass is 16.5. The number of piperazine rings is 1. The maximum absolute atomic E-state index is 12.6. The van der Waals surface area contributed by atoms with Gasteiger partial charge >= 0.3 is 0 Å². The number of nitrogens with zero attached hydrogens (tertiary/aromatic N) is 3. The molecule has 0 N–H and O–H groups in total. The smallest absolute Gasteiger partial charge is 0.246 e. The van der Waals surface area contributed by atoms with Crippen molar-refractivity contribution in [3.63, 3.8) is 0 Å². The average molecular weight is 386 g/mol. The fourth-order valence-corrected chi connectivity index (χ4v) is 3.95. The Balaban J connectivity index is 1.47. The number of para-hydroxylation sites is 1. The van der Waals surface area contributed by atoms with E-state index in [9.17, 15) is 9.59 Å². The highest BCUT2D eigenvalue weighted by Gasteiger charge is 2.26. The van der Waals surface area contributed by atoms with Crippen LogP contribution in [0.2, 0.25) is 0 Å². The van der Waals surface area contributed by atoms with Crippen molar-refractivity contribution in [2.75, 3.05) is 46.4 Å². The lowest BCUT2D eigenvalue weighted by molar-refractivity contribution is -0.136. The van der Waals surface area contributed by atoms with Gasteiger partial charge in [0, 0.05) is 50.4 Å². The fraction of sp³-hybridized carbons (Fsp3) is 0.545. The van der Waals surface area contributed by atoms with Gasteiger partial charge in [-0.2, -0.15) is 0 Å². The third-order valence-corrected chi connectivity index (χ3v) is 5.71. The van der Waals surface area contributed by atoms with Crippen molar-refractivity contribution in [1.29, 1.82) is 0 Å². The number of carbonyl (C=O) groups excluding carboxylic acids is 2. The number of carbonyl (C=O) groups is 2. The van der Waals surface area contributed by atoms with Gasteiger partial charge < -0.3 is 14.5 Å². The summed E-state index contributed by atoms with van der Waals surface area (Å²) >= 11 is 0. The highest BCUT2D eigenvalue weighted by molar-refractivity contribution is 5.92. The second-order valence-corrected chi connectivity index (χ2v) is 7.61. The predicted octanol–water partition coefficient (Wildman–Crippen LogP) is 2.25. The van der Waals surface area contributed by atoms with Gasteiger partial charge in [0.25, 0.3) is 0 Å². The molecule has 152 valence electrons. The lowest BCUT2D eigenvalue weighted by atomic mass is 10.0. The predicted molar refractivity (Wildman–Crippen MR) is 110 cm³/mol. The monoisotopic (exact) mass is 385 g/mol. The molecule has 0 aliphatic carbocycles. The van der Waals surface area contributed by atoms with Crippen molar-refractivity contribution < 1.29 is 14.3 Å². The molecule has 0 radical (unpaired) electrons. The molecule has 2 heterocycles. The van der Waals surface area contributed by atoms with Crippen LogP contribution in [0.25, 0.3) is 6.08 Å². The lowest BCUT2D eigenvalue weighted by Gasteiger charge is -2.37. The fourth-order valence-electron chi connectivity index (χ4n) is 3.95. The third-order valence-electron chi connectivity index (χ3n) is 5.71. The molecule has 28 heavy (non-hydrogen) atoms. The Morgan fingerprint density at radius 2 is 1.86 bits per heavy atom. The van der Waals surface area contributed by atoms with Crippen LogP contribution in [0.15, 0.2) is 30.3 Å². The van der Waals surface area contributed by atoms with E-state index in [2.05, 4.69) is 11.8 Å². The summed E-state index contributed by atoms with van der Waals surface area (Å²) in [4.78, 5) is 31.1. The average Bonchev–Trinajstić information content (AvgIpc) is 2.73. The van der Waals surface area contributed by atoms with Crippen molar-refractivity contribution in [2.45, 2.75) is 32.2 Å². The van der Waals surface area contributed by atoms with Gasteiger partial charge in [-0.3, -0.25) is 14.5 Å². The summed E-state index contributed by atoms with van der Waals surface area (Å²) in [5, 5.41) is 0. The number of benzene rings is 1. The van der Waals surface area contributed by atoms with Crippen molar-refractivity contribution in [2.24, 2.45) is 0 Å². The first kappa shape index (κ1) is 20.4. The zero-order valence-corrected chi connectivity index (χ0v) is 17.0. The molecule has 1 aromatic carbocycles. The summed E-state index contributed by atoms with van der Waals surface area (Å²) in [5.41, 5.74) is 0.887. The van der Waals surface area contributed by atoms with Crippen molar-refractivity contribution >= 4 is 17.9 Å². The first-order valence-corrected chi connectivity index (χ1v) is 10.2. The molecule has 1 atom stereocenters. The molecule has 0 spiro atoms. The molecule has 2 saturated heterocycles. The molecular formula is C22H31N3O3. The van der Waals surface area contributed by atoms with E-state index in [1.807, 2.05) is 34.1 Å². The van der Waals surface area contributed by atoms with E-state index >= 15 is 0 Å². The summed E-state index contributed by atoms with van der Waals surface area (Å²) in [6, 6.07) is 7.98. The number of piperidine rings is 1. The van der Waals surface area contributed by atoms with Crippen LogP contribution in [0.5, 0.6) is 5.75 Å². The number of hydrogen-bond donors (Lipinski definition) is 0. The minimum Gasteiger partial charge on any atom is -0.496 e. The second-order valence-electron chi connectivity index (χ2n) is 7.61. The standard InChI is InChI=1S/C22H31N3O3/c1-18-7-5-6-12-25(18)22(27)17-23-13-15-24(16-14-23)21(26)11-10-19-8-3-4-9-20(19)28-2/h3-4,8-11,18H,5-7,12-17H2,1-2H3/b11-10+. The SMILES string of the molecule is COc1ccccc1/C=C/C(=O)N1CCN(CC(=O)N2CCCCC2C)CC1. The van der Waals surface area contributed by atoms with E-state index in [0.29, 0.717) is 25.7 Å². The van der Waals surface area contributed by atoms with Gasteiger partial charge in [-0.05, 0) is 38.3 Å². The van der Waals surface area contributed by atoms with Gasteiger partial charge in [0.05, 0.1) is 13.7 Å². The summed E-state index contributed by atoms with van der Waals surface area (Å²) in [7, 11) is 1.62. The van der Waals surface area contributed by atoms with Crippen LogP contribution in [-0.4, -0.2) is 78.9 Å². The number of ether oxygens (including phenoxy) is 1. The molecule has 6 nitrogen and oxygen atoms in total. The van der Waals surface area contributed by atoms with Crippen molar-refractivity contribution in [3.05, 3.63) is 35.9 Å². The number of methoxy groups -OCH3 is 1. The van der Waals surface area contributed by atoms with Crippen molar-refractivity contribution in [1.82, 2.24) is 14.7 Å². The zero-order valence-electron chi connectivity index (χ0n) is 17.0.